The lowest BCUT2D eigenvalue weighted by atomic mass is 9.80. The van der Waals surface area contributed by atoms with Crippen molar-refractivity contribution in [1.29, 1.82) is 0 Å². The van der Waals surface area contributed by atoms with Crippen molar-refractivity contribution in [2.24, 2.45) is 5.92 Å². The highest BCUT2D eigenvalue weighted by molar-refractivity contribution is 5.21. The van der Waals surface area contributed by atoms with Gasteiger partial charge in [-0.15, -0.1) is 0 Å². The van der Waals surface area contributed by atoms with Crippen molar-refractivity contribution < 1.29 is 0 Å². The summed E-state index contributed by atoms with van der Waals surface area (Å²) in [4.78, 5) is 2.33. The minimum absolute atomic E-state index is 0.692. The summed E-state index contributed by atoms with van der Waals surface area (Å²) in [5.41, 5.74) is 2.73. The fourth-order valence-corrected chi connectivity index (χ4v) is 2.74. The van der Waals surface area contributed by atoms with Gasteiger partial charge in [-0.2, -0.15) is 5.10 Å². The van der Waals surface area contributed by atoms with E-state index in [0.717, 1.165) is 19.0 Å². The first-order valence-electron chi connectivity index (χ1n) is 6.91. The Hall–Kier alpha value is -0.830. The maximum Gasteiger partial charge on any atom is 0.0697 e. The Morgan fingerprint density at radius 3 is 2.71 bits per heavy atom. The van der Waals surface area contributed by atoms with Gasteiger partial charge in [0.15, 0.2) is 0 Å². The fraction of sp³-hybridized carbons (Fsp3) is 0.786. The highest BCUT2D eigenvalue weighted by atomic mass is 15.1. The summed E-state index contributed by atoms with van der Waals surface area (Å²) in [6.45, 7) is 6.68. The zero-order chi connectivity index (χ0) is 12.3. The van der Waals surface area contributed by atoms with Crippen LogP contribution in [0.1, 0.15) is 56.7 Å². The van der Waals surface area contributed by atoms with Gasteiger partial charge in [0, 0.05) is 24.2 Å². The van der Waals surface area contributed by atoms with Crippen LogP contribution in [0.15, 0.2) is 6.20 Å². The van der Waals surface area contributed by atoms with E-state index >= 15 is 0 Å². The average molecular weight is 235 g/mol. The van der Waals surface area contributed by atoms with Crippen LogP contribution in [0, 0.1) is 5.92 Å². The summed E-state index contributed by atoms with van der Waals surface area (Å²) in [6.07, 6.45) is 7.43. The Labute approximate surface area is 105 Å². The van der Waals surface area contributed by atoms with E-state index in [0.29, 0.717) is 5.92 Å². The Bertz CT molecular complexity index is 337. The number of nitrogens with zero attached hydrogens (tertiary/aromatic N) is 2. The first-order valence-corrected chi connectivity index (χ1v) is 6.91. The first-order chi connectivity index (χ1) is 8.20. The zero-order valence-electron chi connectivity index (χ0n) is 11.4. The average Bonchev–Trinajstić information content (AvgIpc) is 2.78. The molecule has 3 nitrogen and oxygen atoms in total. The third kappa shape index (κ3) is 3.09. The summed E-state index contributed by atoms with van der Waals surface area (Å²) in [5, 5.41) is 7.56. The van der Waals surface area contributed by atoms with E-state index in [1.807, 2.05) is 0 Å². The number of H-pyrrole nitrogens is 1. The van der Waals surface area contributed by atoms with E-state index in [9.17, 15) is 0 Å². The van der Waals surface area contributed by atoms with Crippen molar-refractivity contribution in [3.05, 3.63) is 17.5 Å². The van der Waals surface area contributed by atoms with Gasteiger partial charge >= 0.3 is 0 Å². The molecule has 0 aliphatic heterocycles. The van der Waals surface area contributed by atoms with E-state index in [4.69, 9.17) is 0 Å². The summed E-state index contributed by atoms with van der Waals surface area (Å²) < 4.78 is 0. The van der Waals surface area contributed by atoms with Crippen LogP contribution in [0.3, 0.4) is 0 Å². The molecule has 1 aliphatic carbocycles. The van der Waals surface area contributed by atoms with Crippen molar-refractivity contribution in [3.8, 4) is 0 Å². The van der Waals surface area contributed by atoms with Gasteiger partial charge in [0.2, 0.25) is 0 Å². The second-order valence-corrected chi connectivity index (χ2v) is 5.58. The van der Waals surface area contributed by atoms with Crippen LogP contribution in [0.5, 0.6) is 0 Å². The smallest absolute Gasteiger partial charge is 0.0697 e. The lowest BCUT2D eigenvalue weighted by molar-refractivity contribution is 0.328. The molecule has 0 bridgehead atoms. The third-order valence-electron chi connectivity index (χ3n) is 4.14. The molecule has 3 heteroatoms. The van der Waals surface area contributed by atoms with Crippen molar-refractivity contribution >= 4 is 0 Å². The van der Waals surface area contributed by atoms with Gasteiger partial charge in [0.05, 0.1) is 5.69 Å². The largest absolute Gasteiger partial charge is 0.302 e. The van der Waals surface area contributed by atoms with Crippen molar-refractivity contribution in [2.75, 3.05) is 13.6 Å². The molecule has 1 N–H and O–H groups in total. The number of hydrogen-bond acceptors (Lipinski definition) is 2. The highest BCUT2D eigenvalue weighted by Crippen LogP contribution is 2.36. The molecule has 0 saturated heterocycles. The van der Waals surface area contributed by atoms with Gasteiger partial charge in [-0.1, -0.05) is 26.7 Å². The van der Waals surface area contributed by atoms with Crippen LogP contribution in [0.4, 0.5) is 0 Å². The van der Waals surface area contributed by atoms with E-state index < -0.39 is 0 Å². The number of aromatic amines is 1. The molecule has 96 valence electrons. The molecule has 1 heterocycles. The van der Waals surface area contributed by atoms with Crippen LogP contribution in [-0.4, -0.2) is 28.7 Å². The Balaban J connectivity index is 2.03. The molecule has 1 aromatic rings. The molecule has 0 radical (unpaired) electrons. The van der Waals surface area contributed by atoms with E-state index in [2.05, 4.69) is 42.2 Å². The van der Waals surface area contributed by atoms with Gasteiger partial charge in [0.1, 0.15) is 0 Å². The predicted octanol–water partition coefficient (Wildman–Crippen LogP) is 3.16. The third-order valence-corrected chi connectivity index (χ3v) is 4.14. The highest BCUT2D eigenvalue weighted by Gasteiger charge is 2.23. The van der Waals surface area contributed by atoms with Gasteiger partial charge in [-0.3, -0.25) is 5.10 Å². The molecule has 1 fully saturated rings. The van der Waals surface area contributed by atoms with Crippen molar-refractivity contribution in [1.82, 2.24) is 15.1 Å². The van der Waals surface area contributed by atoms with Crippen LogP contribution >= 0.6 is 0 Å². The zero-order valence-corrected chi connectivity index (χ0v) is 11.4. The van der Waals surface area contributed by atoms with E-state index in [1.54, 1.807) is 0 Å². The molecule has 2 rings (SSSR count). The maximum atomic E-state index is 4.50. The molecule has 0 atom stereocenters. The number of aromatic nitrogens is 2. The van der Waals surface area contributed by atoms with Crippen LogP contribution in [0.25, 0.3) is 0 Å². The number of nitrogens with one attached hydrogen (secondary N) is 1. The predicted molar refractivity (Wildman–Crippen MR) is 71.0 cm³/mol. The van der Waals surface area contributed by atoms with Crippen LogP contribution in [-0.2, 0) is 6.54 Å². The Morgan fingerprint density at radius 1 is 1.35 bits per heavy atom. The molecule has 0 amide bonds. The molecule has 0 aromatic carbocycles. The fourth-order valence-electron chi connectivity index (χ4n) is 2.74. The molecular weight excluding hydrogens is 210 g/mol. The van der Waals surface area contributed by atoms with E-state index in [-0.39, 0.29) is 0 Å². The molecule has 0 spiro atoms. The summed E-state index contributed by atoms with van der Waals surface area (Å²) in [6, 6.07) is 0. The quantitative estimate of drug-likeness (QED) is 0.869. The van der Waals surface area contributed by atoms with Gasteiger partial charge < -0.3 is 4.90 Å². The normalized spacial score (nSPS) is 25.4. The van der Waals surface area contributed by atoms with Crippen LogP contribution in [0.2, 0.25) is 0 Å². The molecule has 0 unspecified atom stereocenters. The van der Waals surface area contributed by atoms with Crippen molar-refractivity contribution in [3.63, 3.8) is 0 Å². The molecule has 17 heavy (non-hydrogen) atoms. The number of hydrogen-bond donors (Lipinski definition) is 1. The van der Waals surface area contributed by atoms with Gasteiger partial charge in [-0.25, -0.2) is 0 Å². The van der Waals surface area contributed by atoms with E-state index in [1.165, 1.54) is 36.9 Å². The molecule has 1 aromatic heterocycles. The monoisotopic (exact) mass is 235 g/mol. The molecule has 1 aliphatic rings. The standard InChI is InChI=1S/C14H25N3/c1-4-17(3)10-13-9-15-16-14(13)12-7-5-11(2)6-8-12/h9,11-12H,4-8,10H2,1-3H3,(H,15,16). The maximum absolute atomic E-state index is 4.50. The van der Waals surface area contributed by atoms with Crippen LogP contribution < -0.4 is 0 Å². The Morgan fingerprint density at radius 2 is 2.06 bits per heavy atom. The lowest BCUT2D eigenvalue weighted by Gasteiger charge is -2.26. The first kappa shape index (κ1) is 12.6. The summed E-state index contributed by atoms with van der Waals surface area (Å²) >= 11 is 0. The van der Waals surface area contributed by atoms with Gasteiger partial charge in [0.25, 0.3) is 0 Å². The second kappa shape index (κ2) is 5.67. The second-order valence-electron chi connectivity index (χ2n) is 5.58. The lowest BCUT2D eigenvalue weighted by Crippen LogP contribution is -2.19. The minimum Gasteiger partial charge on any atom is -0.302 e. The molecular formula is C14H25N3. The molecule has 1 saturated carbocycles. The topological polar surface area (TPSA) is 31.9 Å². The minimum atomic E-state index is 0.692. The van der Waals surface area contributed by atoms with Gasteiger partial charge in [-0.05, 0) is 32.4 Å². The summed E-state index contributed by atoms with van der Waals surface area (Å²) in [5.74, 6) is 1.60. The Kier molecular flexibility index (Phi) is 4.21. The number of rotatable bonds is 4. The SMILES string of the molecule is CCN(C)Cc1c[nH]nc1C1CCC(C)CC1. The summed E-state index contributed by atoms with van der Waals surface area (Å²) in [7, 11) is 2.17. The van der Waals surface area contributed by atoms with Crippen molar-refractivity contribution in [2.45, 2.75) is 52.0 Å².